The molecule has 1 aliphatic heterocycles. The molecular formula is C14H22N4O2. The SMILES string of the molecule is CN(C)c1ccc(NC(=O)COC2CCNCC2)cn1. The molecule has 0 spiro atoms. The van der Waals surface area contributed by atoms with Crippen LogP contribution in [0.3, 0.4) is 0 Å². The number of amides is 1. The van der Waals surface area contributed by atoms with Crippen molar-refractivity contribution in [2.75, 3.05) is 44.0 Å². The Morgan fingerprint density at radius 3 is 2.80 bits per heavy atom. The molecule has 0 atom stereocenters. The molecule has 1 amide bonds. The summed E-state index contributed by atoms with van der Waals surface area (Å²) in [5.41, 5.74) is 0.689. The highest BCUT2D eigenvalue weighted by molar-refractivity contribution is 5.91. The van der Waals surface area contributed by atoms with Crippen LogP contribution in [0.5, 0.6) is 0 Å². The molecule has 0 aromatic carbocycles. The molecule has 1 aromatic heterocycles. The van der Waals surface area contributed by atoms with Crippen LogP contribution in [0.2, 0.25) is 0 Å². The van der Waals surface area contributed by atoms with Crippen molar-refractivity contribution < 1.29 is 9.53 Å². The number of carbonyl (C=O) groups excluding carboxylic acids is 1. The van der Waals surface area contributed by atoms with Gasteiger partial charge in [-0.2, -0.15) is 0 Å². The van der Waals surface area contributed by atoms with Gasteiger partial charge in [0.25, 0.3) is 0 Å². The molecular weight excluding hydrogens is 256 g/mol. The summed E-state index contributed by atoms with van der Waals surface area (Å²) >= 11 is 0. The van der Waals surface area contributed by atoms with Crippen LogP contribution in [-0.4, -0.2) is 50.8 Å². The standard InChI is InChI=1S/C14H22N4O2/c1-18(2)13-4-3-11(9-16-13)17-14(19)10-20-12-5-7-15-8-6-12/h3-4,9,12,15H,5-8,10H2,1-2H3,(H,17,19). The fourth-order valence-corrected chi connectivity index (χ4v) is 2.08. The van der Waals surface area contributed by atoms with Gasteiger partial charge in [-0.05, 0) is 38.1 Å². The van der Waals surface area contributed by atoms with E-state index in [-0.39, 0.29) is 18.6 Å². The van der Waals surface area contributed by atoms with E-state index in [9.17, 15) is 4.79 Å². The zero-order valence-electron chi connectivity index (χ0n) is 12.1. The molecule has 0 bridgehead atoms. The molecule has 0 radical (unpaired) electrons. The van der Waals surface area contributed by atoms with Crippen molar-refractivity contribution in [3.05, 3.63) is 18.3 Å². The van der Waals surface area contributed by atoms with Crippen molar-refractivity contribution in [1.29, 1.82) is 0 Å². The van der Waals surface area contributed by atoms with Crippen molar-refractivity contribution in [3.8, 4) is 0 Å². The van der Waals surface area contributed by atoms with Crippen LogP contribution in [0.15, 0.2) is 18.3 Å². The third-order valence-corrected chi connectivity index (χ3v) is 3.23. The van der Waals surface area contributed by atoms with Crippen LogP contribution in [0.4, 0.5) is 11.5 Å². The zero-order valence-corrected chi connectivity index (χ0v) is 12.1. The van der Waals surface area contributed by atoms with Crippen molar-refractivity contribution in [1.82, 2.24) is 10.3 Å². The fraction of sp³-hybridized carbons (Fsp3) is 0.571. The summed E-state index contributed by atoms with van der Waals surface area (Å²) in [5.74, 6) is 0.719. The Hall–Kier alpha value is -1.66. The van der Waals surface area contributed by atoms with Gasteiger partial charge in [-0.25, -0.2) is 4.98 Å². The van der Waals surface area contributed by atoms with Gasteiger partial charge >= 0.3 is 0 Å². The smallest absolute Gasteiger partial charge is 0.250 e. The predicted molar refractivity (Wildman–Crippen MR) is 79.0 cm³/mol. The highest BCUT2D eigenvalue weighted by Gasteiger charge is 2.14. The molecule has 6 nitrogen and oxygen atoms in total. The van der Waals surface area contributed by atoms with Crippen molar-refractivity contribution in [2.45, 2.75) is 18.9 Å². The lowest BCUT2D eigenvalue weighted by atomic mass is 10.1. The average molecular weight is 278 g/mol. The molecule has 20 heavy (non-hydrogen) atoms. The highest BCUT2D eigenvalue weighted by atomic mass is 16.5. The summed E-state index contributed by atoms with van der Waals surface area (Å²) in [6, 6.07) is 3.70. The minimum atomic E-state index is -0.136. The Kier molecular flexibility index (Phi) is 5.31. The zero-order chi connectivity index (χ0) is 14.4. The van der Waals surface area contributed by atoms with E-state index in [2.05, 4.69) is 15.6 Å². The Balaban J connectivity index is 1.75. The maximum Gasteiger partial charge on any atom is 0.250 e. The molecule has 2 N–H and O–H groups in total. The minimum absolute atomic E-state index is 0.0973. The molecule has 1 aliphatic rings. The van der Waals surface area contributed by atoms with E-state index in [0.717, 1.165) is 31.7 Å². The fourth-order valence-electron chi connectivity index (χ4n) is 2.08. The van der Waals surface area contributed by atoms with Crippen LogP contribution in [0.25, 0.3) is 0 Å². The molecule has 0 saturated carbocycles. The quantitative estimate of drug-likeness (QED) is 0.836. The van der Waals surface area contributed by atoms with E-state index >= 15 is 0 Å². The Morgan fingerprint density at radius 2 is 2.20 bits per heavy atom. The van der Waals surface area contributed by atoms with Gasteiger partial charge in [-0.1, -0.05) is 0 Å². The first-order valence-corrected chi connectivity index (χ1v) is 6.90. The van der Waals surface area contributed by atoms with Crippen LogP contribution in [0, 0.1) is 0 Å². The lowest BCUT2D eigenvalue weighted by Gasteiger charge is -2.22. The Labute approximate surface area is 119 Å². The number of carbonyl (C=O) groups is 1. The van der Waals surface area contributed by atoms with Gasteiger partial charge in [0.15, 0.2) is 0 Å². The van der Waals surface area contributed by atoms with Gasteiger partial charge in [0.1, 0.15) is 12.4 Å². The normalized spacial score (nSPS) is 15.9. The number of aromatic nitrogens is 1. The number of nitrogens with zero attached hydrogens (tertiary/aromatic N) is 2. The summed E-state index contributed by atoms with van der Waals surface area (Å²) in [5, 5.41) is 6.05. The predicted octanol–water partition coefficient (Wildman–Crippen LogP) is 0.855. The van der Waals surface area contributed by atoms with E-state index in [1.165, 1.54) is 0 Å². The van der Waals surface area contributed by atoms with Crippen LogP contribution in [0.1, 0.15) is 12.8 Å². The molecule has 1 fully saturated rings. The minimum Gasteiger partial charge on any atom is -0.368 e. The molecule has 2 heterocycles. The summed E-state index contributed by atoms with van der Waals surface area (Å²) in [4.78, 5) is 17.9. The summed E-state index contributed by atoms with van der Waals surface area (Å²) in [7, 11) is 3.85. The number of nitrogens with one attached hydrogen (secondary N) is 2. The van der Waals surface area contributed by atoms with Gasteiger partial charge in [-0.3, -0.25) is 4.79 Å². The molecule has 0 aliphatic carbocycles. The van der Waals surface area contributed by atoms with Crippen LogP contribution in [-0.2, 0) is 9.53 Å². The van der Waals surface area contributed by atoms with Crippen LogP contribution >= 0.6 is 0 Å². The summed E-state index contributed by atoms with van der Waals surface area (Å²) in [6.45, 7) is 2.02. The van der Waals surface area contributed by atoms with Crippen molar-refractivity contribution >= 4 is 17.4 Å². The van der Waals surface area contributed by atoms with Gasteiger partial charge in [0.2, 0.25) is 5.91 Å². The molecule has 0 unspecified atom stereocenters. The average Bonchev–Trinajstić information content (AvgIpc) is 2.47. The molecule has 110 valence electrons. The lowest BCUT2D eigenvalue weighted by molar-refractivity contribution is -0.123. The summed E-state index contributed by atoms with van der Waals surface area (Å²) in [6.07, 6.45) is 3.77. The van der Waals surface area contributed by atoms with Gasteiger partial charge in [-0.15, -0.1) is 0 Å². The number of rotatable bonds is 5. The molecule has 6 heteroatoms. The van der Waals surface area contributed by atoms with E-state index in [1.54, 1.807) is 6.20 Å². The number of hydrogen-bond acceptors (Lipinski definition) is 5. The number of ether oxygens (including phenoxy) is 1. The third kappa shape index (κ3) is 4.47. The number of anilines is 2. The molecule has 1 aromatic rings. The molecule has 1 saturated heterocycles. The second-order valence-corrected chi connectivity index (χ2v) is 5.11. The van der Waals surface area contributed by atoms with E-state index in [4.69, 9.17) is 4.74 Å². The first-order chi connectivity index (χ1) is 9.65. The van der Waals surface area contributed by atoms with E-state index in [1.807, 2.05) is 31.1 Å². The largest absolute Gasteiger partial charge is 0.368 e. The van der Waals surface area contributed by atoms with Crippen LogP contribution < -0.4 is 15.5 Å². The van der Waals surface area contributed by atoms with Gasteiger partial charge < -0.3 is 20.3 Å². The van der Waals surface area contributed by atoms with E-state index in [0.29, 0.717) is 5.69 Å². The Morgan fingerprint density at radius 1 is 1.45 bits per heavy atom. The van der Waals surface area contributed by atoms with E-state index < -0.39 is 0 Å². The highest BCUT2D eigenvalue weighted by Crippen LogP contribution is 2.12. The number of pyridine rings is 1. The second kappa shape index (κ2) is 7.21. The first-order valence-electron chi connectivity index (χ1n) is 6.90. The third-order valence-electron chi connectivity index (χ3n) is 3.23. The monoisotopic (exact) mass is 278 g/mol. The second-order valence-electron chi connectivity index (χ2n) is 5.11. The maximum atomic E-state index is 11.8. The number of piperidine rings is 1. The lowest BCUT2D eigenvalue weighted by Crippen LogP contribution is -2.34. The molecule has 2 rings (SSSR count). The van der Waals surface area contributed by atoms with Gasteiger partial charge in [0, 0.05) is 14.1 Å². The topological polar surface area (TPSA) is 66.5 Å². The van der Waals surface area contributed by atoms with Crippen molar-refractivity contribution in [3.63, 3.8) is 0 Å². The van der Waals surface area contributed by atoms with Crippen molar-refractivity contribution in [2.24, 2.45) is 0 Å². The maximum absolute atomic E-state index is 11.8. The number of hydrogen-bond donors (Lipinski definition) is 2. The summed E-state index contributed by atoms with van der Waals surface area (Å²) < 4.78 is 5.60. The first kappa shape index (κ1) is 14.7. The Bertz CT molecular complexity index is 427. The van der Waals surface area contributed by atoms with Gasteiger partial charge in [0.05, 0.1) is 18.0 Å².